The van der Waals surface area contributed by atoms with Crippen LogP contribution in [0.2, 0.25) is 0 Å². The van der Waals surface area contributed by atoms with Crippen LogP contribution in [0.5, 0.6) is 0 Å². The van der Waals surface area contributed by atoms with Crippen LogP contribution in [0.3, 0.4) is 0 Å². The summed E-state index contributed by atoms with van der Waals surface area (Å²) >= 11 is 0. The molecular formula is C29H39N7O9. The lowest BCUT2D eigenvalue weighted by Crippen LogP contribution is -2.54. The van der Waals surface area contributed by atoms with Gasteiger partial charge in [0, 0.05) is 37.3 Å². The van der Waals surface area contributed by atoms with E-state index < -0.39 is 65.4 Å². The van der Waals surface area contributed by atoms with Crippen LogP contribution in [0, 0.1) is 5.41 Å². The zero-order chi connectivity index (χ0) is 33.7. The largest absolute Gasteiger partial charge is 0.460 e. The second-order valence-electron chi connectivity index (χ2n) is 11.2. The van der Waals surface area contributed by atoms with Gasteiger partial charge in [-0.05, 0) is 51.3 Å². The number of nitrogens with zero attached hydrogens (tertiary/aromatic N) is 1. The summed E-state index contributed by atoms with van der Waals surface area (Å²) < 4.78 is 5.28. The number of primary amides is 2. The number of nitrogens with two attached hydrogens (primary N) is 2. The lowest BCUT2D eigenvalue weighted by Gasteiger charge is -2.23. The molecule has 8 amide bonds. The fourth-order valence-electron chi connectivity index (χ4n) is 3.88. The number of urea groups is 1. The fourth-order valence-corrected chi connectivity index (χ4v) is 3.88. The second-order valence-corrected chi connectivity index (χ2v) is 11.2. The summed E-state index contributed by atoms with van der Waals surface area (Å²) in [6.07, 6.45) is 1.43. The molecule has 0 aromatic heterocycles. The van der Waals surface area contributed by atoms with Crippen LogP contribution >= 0.6 is 0 Å². The van der Waals surface area contributed by atoms with Gasteiger partial charge in [0.25, 0.3) is 11.8 Å². The molecule has 2 rings (SSSR count). The third kappa shape index (κ3) is 12.5. The third-order valence-corrected chi connectivity index (χ3v) is 6.33. The van der Waals surface area contributed by atoms with Gasteiger partial charge in [-0.15, -0.1) is 0 Å². The molecule has 0 radical (unpaired) electrons. The zero-order valence-electron chi connectivity index (χ0n) is 25.3. The van der Waals surface area contributed by atoms with Gasteiger partial charge in [0.2, 0.25) is 23.6 Å². The molecule has 45 heavy (non-hydrogen) atoms. The standard InChI is InChI=1S/C29H39N7O9/c1-29(2,3)27(43)45-16-17-6-8-18(9-7-17)33-25(41)19(5-4-13-32-28(31)44)35-26(42)20(15-21(30)37)34-22(38)12-14-36-23(39)10-11-24(36)40/h6-11,19-20H,4-5,12-16H2,1-3H3,(H2,30,37)(H,33,41)(H,34,38)(H,35,42)(H3,31,32,44)/t19-,20?/m0/s1. The summed E-state index contributed by atoms with van der Waals surface area (Å²) in [5.41, 5.74) is 10.7. The Morgan fingerprint density at radius 2 is 1.51 bits per heavy atom. The summed E-state index contributed by atoms with van der Waals surface area (Å²) in [5.74, 6) is -4.74. The number of carbonyl (C=O) groups excluding carboxylic acids is 8. The third-order valence-electron chi connectivity index (χ3n) is 6.33. The lowest BCUT2D eigenvalue weighted by atomic mass is 9.97. The van der Waals surface area contributed by atoms with Crippen LogP contribution in [-0.4, -0.2) is 77.5 Å². The zero-order valence-corrected chi connectivity index (χ0v) is 25.3. The number of imide groups is 1. The van der Waals surface area contributed by atoms with E-state index in [9.17, 15) is 38.4 Å². The number of rotatable bonds is 16. The van der Waals surface area contributed by atoms with Gasteiger partial charge >= 0.3 is 12.0 Å². The van der Waals surface area contributed by atoms with Gasteiger partial charge < -0.3 is 37.5 Å². The molecule has 1 unspecified atom stereocenters. The first kappa shape index (κ1) is 35.9. The molecule has 0 spiro atoms. The van der Waals surface area contributed by atoms with Gasteiger partial charge in [0.15, 0.2) is 0 Å². The van der Waals surface area contributed by atoms with E-state index in [1.807, 2.05) is 0 Å². The first-order chi connectivity index (χ1) is 21.1. The number of carbonyl (C=O) groups is 8. The summed E-state index contributed by atoms with van der Waals surface area (Å²) in [7, 11) is 0. The Morgan fingerprint density at radius 1 is 0.889 bits per heavy atom. The second kappa shape index (κ2) is 16.5. The van der Waals surface area contributed by atoms with Crippen molar-refractivity contribution in [3.8, 4) is 0 Å². The van der Waals surface area contributed by atoms with Crippen LogP contribution in [0.15, 0.2) is 36.4 Å². The van der Waals surface area contributed by atoms with Crippen molar-refractivity contribution < 1.29 is 43.1 Å². The lowest BCUT2D eigenvalue weighted by molar-refractivity contribution is -0.154. The van der Waals surface area contributed by atoms with Crippen molar-refractivity contribution in [2.45, 2.75) is 65.1 Å². The monoisotopic (exact) mass is 629 g/mol. The van der Waals surface area contributed by atoms with Gasteiger partial charge in [-0.25, -0.2) is 4.79 Å². The van der Waals surface area contributed by atoms with E-state index >= 15 is 0 Å². The predicted molar refractivity (Wildman–Crippen MR) is 159 cm³/mol. The Bertz CT molecular complexity index is 1320. The van der Waals surface area contributed by atoms with E-state index in [0.29, 0.717) is 11.3 Å². The average Bonchev–Trinajstić information content (AvgIpc) is 3.27. The summed E-state index contributed by atoms with van der Waals surface area (Å²) in [6, 6.07) is 3.03. The fraction of sp³-hybridized carbons (Fsp3) is 0.448. The first-order valence-electron chi connectivity index (χ1n) is 14.1. The van der Waals surface area contributed by atoms with Crippen molar-refractivity contribution in [3.05, 3.63) is 42.0 Å². The maximum absolute atomic E-state index is 13.2. The van der Waals surface area contributed by atoms with Crippen LogP contribution in [-0.2, 0) is 44.9 Å². The number of amides is 8. The highest BCUT2D eigenvalue weighted by Crippen LogP contribution is 2.17. The van der Waals surface area contributed by atoms with E-state index in [1.54, 1.807) is 45.0 Å². The number of hydrogen-bond acceptors (Lipinski definition) is 9. The van der Waals surface area contributed by atoms with Crippen LogP contribution in [0.25, 0.3) is 0 Å². The van der Waals surface area contributed by atoms with Gasteiger partial charge in [0.05, 0.1) is 11.8 Å². The van der Waals surface area contributed by atoms with E-state index in [2.05, 4.69) is 21.3 Å². The smallest absolute Gasteiger partial charge is 0.312 e. The van der Waals surface area contributed by atoms with Crippen molar-refractivity contribution in [1.29, 1.82) is 0 Å². The van der Waals surface area contributed by atoms with Gasteiger partial charge in [0.1, 0.15) is 18.7 Å². The normalized spacial score (nSPS) is 13.9. The Labute approximate surface area is 259 Å². The van der Waals surface area contributed by atoms with E-state index in [4.69, 9.17) is 16.2 Å². The highest BCUT2D eigenvalue weighted by Gasteiger charge is 2.29. The summed E-state index contributed by atoms with van der Waals surface area (Å²) in [4.78, 5) is 97.9. The Morgan fingerprint density at radius 3 is 2.07 bits per heavy atom. The predicted octanol–water partition coefficient (Wildman–Crippen LogP) is -0.677. The van der Waals surface area contributed by atoms with Crippen molar-refractivity contribution in [1.82, 2.24) is 20.9 Å². The SMILES string of the molecule is CC(C)(C)C(=O)OCc1ccc(NC(=O)[C@H](CCCNC(N)=O)NC(=O)C(CC(N)=O)NC(=O)CCN2C(=O)C=CC2=O)cc1. The van der Waals surface area contributed by atoms with E-state index in [0.717, 1.165) is 17.1 Å². The molecule has 0 saturated carbocycles. The molecular weight excluding hydrogens is 590 g/mol. The molecule has 244 valence electrons. The number of anilines is 1. The molecule has 16 heteroatoms. The number of ether oxygens (including phenoxy) is 1. The Hall–Kier alpha value is -5.28. The summed E-state index contributed by atoms with van der Waals surface area (Å²) in [5, 5.41) is 9.90. The number of esters is 1. The van der Waals surface area contributed by atoms with Crippen LogP contribution in [0.1, 0.15) is 52.0 Å². The Balaban J connectivity index is 2.07. The molecule has 0 aliphatic carbocycles. The molecule has 0 fully saturated rings. The number of benzene rings is 1. The molecule has 2 atom stereocenters. The van der Waals surface area contributed by atoms with Crippen molar-refractivity contribution in [2.24, 2.45) is 16.9 Å². The molecule has 1 heterocycles. The molecule has 8 N–H and O–H groups in total. The topological polar surface area (TPSA) is 249 Å². The molecule has 1 aromatic rings. The molecule has 0 bridgehead atoms. The first-order valence-corrected chi connectivity index (χ1v) is 14.1. The maximum atomic E-state index is 13.2. The van der Waals surface area contributed by atoms with Gasteiger partial charge in [-0.1, -0.05) is 12.1 Å². The van der Waals surface area contributed by atoms with E-state index in [1.165, 1.54) is 0 Å². The van der Waals surface area contributed by atoms with Crippen molar-refractivity contribution in [2.75, 3.05) is 18.4 Å². The summed E-state index contributed by atoms with van der Waals surface area (Å²) in [6.45, 7) is 5.08. The van der Waals surface area contributed by atoms with Crippen molar-refractivity contribution >= 4 is 53.1 Å². The molecule has 1 aliphatic rings. The Kier molecular flexibility index (Phi) is 13.2. The van der Waals surface area contributed by atoms with E-state index in [-0.39, 0.29) is 44.9 Å². The molecule has 1 aliphatic heterocycles. The maximum Gasteiger partial charge on any atom is 0.312 e. The van der Waals surface area contributed by atoms with Gasteiger partial charge in [-0.3, -0.25) is 38.5 Å². The number of nitrogens with one attached hydrogen (secondary N) is 4. The average molecular weight is 630 g/mol. The van der Waals surface area contributed by atoms with Crippen LogP contribution < -0.4 is 32.7 Å². The highest BCUT2D eigenvalue weighted by atomic mass is 16.5. The number of hydrogen-bond donors (Lipinski definition) is 6. The van der Waals surface area contributed by atoms with Crippen LogP contribution in [0.4, 0.5) is 10.5 Å². The van der Waals surface area contributed by atoms with Crippen molar-refractivity contribution in [3.63, 3.8) is 0 Å². The minimum absolute atomic E-state index is 0.0299. The minimum Gasteiger partial charge on any atom is -0.460 e. The molecule has 1 aromatic carbocycles. The van der Waals surface area contributed by atoms with Gasteiger partial charge in [-0.2, -0.15) is 0 Å². The highest BCUT2D eigenvalue weighted by molar-refractivity contribution is 6.13. The minimum atomic E-state index is -1.47. The molecule has 16 nitrogen and oxygen atoms in total. The molecule has 0 saturated heterocycles. The quantitative estimate of drug-likeness (QED) is 0.0769.